The number of carbonyl (C=O) groups is 1. The second-order valence-electron chi connectivity index (χ2n) is 5.75. The second kappa shape index (κ2) is 10.7. The van der Waals surface area contributed by atoms with Gasteiger partial charge in [-0.3, -0.25) is 0 Å². The highest BCUT2D eigenvalue weighted by molar-refractivity contribution is 5.81. The van der Waals surface area contributed by atoms with E-state index in [0.717, 1.165) is 44.9 Å². The van der Waals surface area contributed by atoms with Gasteiger partial charge < -0.3 is 9.84 Å². The minimum absolute atomic E-state index is 0.133. The Morgan fingerprint density at radius 3 is 1.64 bits per heavy atom. The molecule has 0 heterocycles. The number of hydrogen-bond acceptors (Lipinski definition) is 3. The Balaban J connectivity index is 4.01. The van der Waals surface area contributed by atoms with Crippen molar-refractivity contribution < 1.29 is 41.0 Å². The van der Waals surface area contributed by atoms with E-state index in [1.54, 1.807) is 0 Å². The van der Waals surface area contributed by atoms with Crippen LogP contribution in [0, 0.1) is 0 Å². The van der Waals surface area contributed by atoms with Crippen LogP contribution in [0.2, 0.25) is 0 Å². The molecule has 0 aromatic heterocycles. The highest BCUT2D eigenvalue weighted by Crippen LogP contribution is 2.43. The Morgan fingerprint density at radius 1 is 0.840 bits per heavy atom. The van der Waals surface area contributed by atoms with E-state index in [1.807, 2.05) is 6.08 Å². The number of esters is 1. The topological polar surface area (TPSA) is 46.5 Å². The second-order valence-corrected chi connectivity index (χ2v) is 5.75. The molecular formula is C16H24F6O3. The number of carbonyl (C=O) groups excluding carboxylic acids is 1. The van der Waals surface area contributed by atoms with Gasteiger partial charge in [0.1, 0.15) is 0 Å². The molecule has 3 nitrogen and oxygen atoms in total. The van der Waals surface area contributed by atoms with Crippen molar-refractivity contribution in [3.05, 3.63) is 12.7 Å². The fraction of sp³-hybridized carbons (Fsp3) is 0.812. The molecule has 0 amide bonds. The molecule has 0 spiro atoms. The van der Waals surface area contributed by atoms with Crippen LogP contribution in [-0.2, 0) is 9.53 Å². The van der Waals surface area contributed by atoms with Gasteiger partial charge in [-0.15, -0.1) is 6.58 Å². The van der Waals surface area contributed by atoms with Gasteiger partial charge in [-0.05, 0) is 19.3 Å². The van der Waals surface area contributed by atoms with Crippen LogP contribution < -0.4 is 0 Å². The quantitative estimate of drug-likeness (QED) is 0.223. The molecule has 0 rings (SSSR count). The first kappa shape index (κ1) is 23.8. The van der Waals surface area contributed by atoms with Gasteiger partial charge in [-0.2, -0.15) is 26.3 Å². The normalized spacial score (nSPS) is 12.9. The fourth-order valence-electron chi connectivity index (χ4n) is 2.11. The first-order valence-corrected chi connectivity index (χ1v) is 8.12. The van der Waals surface area contributed by atoms with Crippen molar-refractivity contribution in [2.75, 3.05) is 6.61 Å². The lowest BCUT2D eigenvalue weighted by Crippen LogP contribution is -2.63. The molecule has 0 aromatic carbocycles. The Kier molecular flexibility index (Phi) is 10.1. The standard InChI is InChI=1S/C16H24F6O3/c1-2-3-4-5-6-7-8-9-10-11-12-25-13(23)14(24,15(17,18)19)16(20,21)22/h2,24H,1,3-12H2. The predicted octanol–water partition coefficient (Wildman–Crippen LogP) is 5.08. The maximum atomic E-state index is 12.4. The largest absolute Gasteiger partial charge is 0.463 e. The predicted molar refractivity (Wildman–Crippen MR) is 79.8 cm³/mol. The Bertz CT molecular complexity index is 390. The molecule has 0 saturated heterocycles. The number of unbranched alkanes of at least 4 members (excludes halogenated alkanes) is 8. The summed E-state index contributed by atoms with van der Waals surface area (Å²) >= 11 is 0. The van der Waals surface area contributed by atoms with E-state index in [1.165, 1.54) is 0 Å². The molecule has 0 unspecified atom stereocenters. The van der Waals surface area contributed by atoms with Crippen LogP contribution in [0.4, 0.5) is 26.3 Å². The summed E-state index contributed by atoms with van der Waals surface area (Å²) in [4.78, 5) is 11.1. The Morgan fingerprint density at radius 2 is 1.24 bits per heavy atom. The Labute approximate surface area is 143 Å². The van der Waals surface area contributed by atoms with Crippen LogP contribution in [0.3, 0.4) is 0 Å². The van der Waals surface area contributed by atoms with Crippen LogP contribution in [0.5, 0.6) is 0 Å². The van der Waals surface area contributed by atoms with Gasteiger partial charge in [0, 0.05) is 0 Å². The summed E-state index contributed by atoms with van der Waals surface area (Å²) in [6.45, 7) is 3.01. The lowest BCUT2D eigenvalue weighted by molar-refractivity contribution is -0.356. The van der Waals surface area contributed by atoms with Crippen LogP contribution in [0.1, 0.15) is 57.8 Å². The first-order valence-electron chi connectivity index (χ1n) is 8.12. The van der Waals surface area contributed by atoms with Gasteiger partial charge in [0.2, 0.25) is 0 Å². The Hall–Kier alpha value is -1.25. The molecule has 148 valence electrons. The highest BCUT2D eigenvalue weighted by Gasteiger charge is 2.76. The zero-order valence-electron chi connectivity index (χ0n) is 13.9. The summed E-state index contributed by atoms with van der Waals surface area (Å²) < 4.78 is 78.4. The highest BCUT2D eigenvalue weighted by atomic mass is 19.4. The fourth-order valence-corrected chi connectivity index (χ4v) is 2.11. The van der Waals surface area contributed by atoms with E-state index in [-0.39, 0.29) is 6.42 Å². The van der Waals surface area contributed by atoms with Gasteiger partial charge in [-0.1, -0.05) is 44.6 Å². The molecule has 0 saturated carbocycles. The van der Waals surface area contributed by atoms with Crippen molar-refractivity contribution in [1.29, 1.82) is 0 Å². The number of hydrogen-bond donors (Lipinski definition) is 1. The van der Waals surface area contributed by atoms with Crippen LogP contribution in [0.15, 0.2) is 12.7 Å². The summed E-state index contributed by atoms with van der Waals surface area (Å²) in [5.74, 6) is -2.74. The lowest BCUT2D eigenvalue weighted by Gasteiger charge is -2.29. The summed E-state index contributed by atoms with van der Waals surface area (Å²) in [5, 5.41) is 8.78. The summed E-state index contributed by atoms with van der Waals surface area (Å²) in [6.07, 6.45) is -3.14. The molecule has 0 aliphatic heterocycles. The molecule has 0 atom stereocenters. The number of allylic oxidation sites excluding steroid dienone is 1. The van der Waals surface area contributed by atoms with Crippen LogP contribution in [-0.4, -0.2) is 35.6 Å². The number of halogens is 6. The third-order valence-electron chi connectivity index (χ3n) is 3.65. The summed E-state index contributed by atoms with van der Waals surface area (Å²) in [5.41, 5.74) is -5.49. The molecule has 1 N–H and O–H groups in total. The number of rotatable bonds is 12. The van der Waals surface area contributed by atoms with E-state index in [9.17, 15) is 31.1 Å². The number of alkyl halides is 6. The van der Waals surface area contributed by atoms with Crippen molar-refractivity contribution in [3.8, 4) is 0 Å². The monoisotopic (exact) mass is 378 g/mol. The van der Waals surface area contributed by atoms with E-state index in [0.29, 0.717) is 6.42 Å². The summed E-state index contributed by atoms with van der Waals surface area (Å²) in [7, 11) is 0. The molecule has 9 heteroatoms. The van der Waals surface area contributed by atoms with Crippen LogP contribution in [0.25, 0.3) is 0 Å². The molecule has 0 aliphatic carbocycles. The van der Waals surface area contributed by atoms with E-state index in [2.05, 4.69) is 11.3 Å². The number of ether oxygens (including phenoxy) is 1. The average molecular weight is 378 g/mol. The minimum Gasteiger partial charge on any atom is -0.463 e. The van der Waals surface area contributed by atoms with E-state index >= 15 is 0 Å². The lowest BCUT2D eigenvalue weighted by atomic mass is 10.0. The zero-order valence-corrected chi connectivity index (χ0v) is 13.9. The molecule has 0 aromatic rings. The SMILES string of the molecule is C=CCCCCCCCCCCOC(=O)C(O)(C(F)(F)F)C(F)(F)F. The van der Waals surface area contributed by atoms with Gasteiger partial charge in [-0.25, -0.2) is 4.79 Å². The number of aliphatic hydroxyl groups is 1. The van der Waals surface area contributed by atoms with Crippen molar-refractivity contribution in [3.63, 3.8) is 0 Å². The maximum absolute atomic E-state index is 12.4. The minimum atomic E-state index is -6.20. The third-order valence-corrected chi connectivity index (χ3v) is 3.65. The molecule has 0 bridgehead atoms. The van der Waals surface area contributed by atoms with Gasteiger partial charge in [0.15, 0.2) is 0 Å². The van der Waals surface area contributed by atoms with Crippen LogP contribution >= 0.6 is 0 Å². The molecule has 0 radical (unpaired) electrons. The van der Waals surface area contributed by atoms with Crippen molar-refractivity contribution in [2.24, 2.45) is 0 Å². The average Bonchev–Trinajstić information content (AvgIpc) is 2.49. The smallest absolute Gasteiger partial charge is 0.437 e. The van der Waals surface area contributed by atoms with E-state index in [4.69, 9.17) is 5.11 Å². The van der Waals surface area contributed by atoms with Crippen molar-refractivity contribution in [2.45, 2.75) is 75.7 Å². The van der Waals surface area contributed by atoms with E-state index < -0.39 is 30.5 Å². The summed E-state index contributed by atoms with van der Waals surface area (Å²) in [6, 6.07) is 0. The molecule has 25 heavy (non-hydrogen) atoms. The van der Waals surface area contributed by atoms with Gasteiger partial charge >= 0.3 is 23.9 Å². The zero-order chi connectivity index (χ0) is 19.6. The molecular weight excluding hydrogens is 354 g/mol. The first-order chi connectivity index (χ1) is 11.5. The third kappa shape index (κ3) is 7.66. The van der Waals surface area contributed by atoms with Gasteiger partial charge in [0.25, 0.3) is 0 Å². The van der Waals surface area contributed by atoms with Crippen molar-refractivity contribution >= 4 is 5.97 Å². The van der Waals surface area contributed by atoms with Gasteiger partial charge in [0.05, 0.1) is 6.61 Å². The molecule has 0 fully saturated rings. The van der Waals surface area contributed by atoms with Crippen molar-refractivity contribution in [1.82, 2.24) is 0 Å². The maximum Gasteiger partial charge on any atom is 0.437 e. The molecule has 0 aliphatic rings.